The molecule has 8 nitrogen and oxygen atoms in total. The van der Waals surface area contributed by atoms with E-state index in [9.17, 15) is 9.59 Å². The van der Waals surface area contributed by atoms with Gasteiger partial charge < -0.3 is 19.9 Å². The first-order chi connectivity index (χ1) is 11.0. The van der Waals surface area contributed by atoms with Crippen molar-refractivity contribution in [3.05, 3.63) is 22.2 Å². The number of carbonyl (C=O) groups is 2. The number of nitrogens with two attached hydrogens (primary N) is 1. The van der Waals surface area contributed by atoms with Gasteiger partial charge >= 0.3 is 12.0 Å². The number of primary amides is 1. The Morgan fingerprint density at radius 2 is 2.04 bits per heavy atom. The molecule has 0 saturated heterocycles. The van der Waals surface area contributed by atoms with Crippen LogP contribution >= 0.6 is 15.9 Å². The number of hydrogen-bond donors (Lipinski definition) is 2. The van der Waals surface area contributed by atoms with E-state index in [1.54, 1.807) is 19.1 Å². The Morgan fingerprint density at radius 3 is 2.65 bits per heavy atom. The molecule has 0 fully saturated rings. The number of amides is 2. The van der Waals surface area contributed by atoms with Crippen LogP contribution in [0, 0.1) is 0 Å². The van der Waals surface area contributed by atoms with E-state index in [0.29, 0.717) is 28.1 Å². The lowest BCUT2D eigenvalue weighted by Crippen LogP contribution is -2.24. The zero-order valence-corrected chi connectivity index (χ0v) is 14.4. The van der Waals surface area contributed by atoms with Gasteiger partial charge in [0.05, 0.1) is 23.9 Å². The molecule has 2 amide bonds. The predicted molar refractivity (Wildman–Crippen MR) is 87.8 cm³/mol. The molecule has 126 valence electrons. The Labute approximate surface area is 142 Å². The number of hydrogen-bond acceptors (Lipinski definition) is 6. The molecule has 1 aromatic rings. The van der Waals surface area contributed by atoms with Crippen LogP contribution in [0.15, 0.2) is 21.7 Å². The third kappa shape index (κ3) is 6.55. The Bertz CT molecular complexity index is 592. The Morgan fingerprint density at radius 1 is 1.30 bits per heavy atom. The second-order valence-corrected chi connectivity index (χ2v) is 4.95. The van der Waals surface area contributed by atoms with Crippen LogP contribution in [0.3, 0.4) is 0 Å². The summed E-state index contributed by atoms with van der Waals surface area (Å²) in [5.41, 5.74) is 7.65. The van der Waals surface area contributed by atoms with Crippen molar-refractivity contribution in [2.45, 2.75) is 13.8 Å². The highest BCUT2D eigenvalue weighted by molar-refractivity contribution is 9.10. The Balaban J connectivity index is 2.94. The maximum Gasteiger partial charge on any atom is 0.344 e. The van der Waals surface area contributed by atoms with Crippen LogP contribution in [0.4, 0.5) is 4.79 Å². The molecule has 0 aliphatic carbocycles. The summed E-state index contributed by atoms with van der Waals surface area (Å²) in [6, 6.07) is 2.58. The normalized spacial score (nSPS) is 10.4. The summed E-state index contributed by atoms with van der Waals surface area (Å²) in [5, 5.41) is 3.67. The fraction of sp³-hybridized carbons (Fsp3) is 0.357. The molecule has 1 rings (SSSR count). The van der Waals surface area contributed by atoms with E-state index >= 15 is 0 Å². The number of hydrazone groups is 1. The minimum Gasteiger partial charge on any atom is -0.490 e. The first-order valence-corrected chi connectivity index (χ1v) is 7.60. The van der Waals surface area contributed by atoms with Crippen LogP contribution in [0.1, 0.15) is 19.4 Å². The van der Waals surface area contributed by atoms with Crippen LogP contribution in [-0.4, -0.2) is 38.0 Å². The fourth-order valence-corrected chi connectivity index (χ4v) is 2.14. The molecule has 1 aromatic carbocycles. The molecule has 3 N–H and O–H groups in total. The molecule has 9 heteroatoms. The molecule has 0 unspecified atom stereocenters. The maximum absolute atomic E-state index is 11.4. The molecule has 0 aliphatic heterocycles. The molecule has 0 aliphatic rings. The summed E-state index contributed by atoms with van der Waals surface area (Å²) < 4.78 is 16.3. The van der Waals surface area contributed by atoms with Gasteiger partial charge in [-0.05, 0) is 47.5 Å². The van der Waals surface area contributed by atoms with E-state index in [4.69, 9.17) is 19.9 Å². The number of halogens is 1. The second-order valence-electron chi connectivity index (χ2n) is 4.09. The van der Waals surface area contributed by atoms with Crippen molar-refractivity contribution < 1.29 is 23.8 Å². The number of carbonyl (C=O) groups excluding carboxylic acids is 2. The maximum atomic E-state index is 11.4. The van der Waals surface area contributed by atoms with E-state index < -0.39 is 12.0 Å². The highest BCUT2D eigenvalue weighted by atomic mass is 79.9. The fourth-order valence-electron chi connectivity index (χ4n) is 1.57. The van der Waals surface area contributed by atoms with Crippen molar-refractivity contribution in [3.63, 3.8) is 0 Å². The van der Waals surface area contributed by atoms with Crippen LogP contribution < -0.4 is 20.6 Å². The number of esters is 1. The highest BCUT2D eigenvalue weighted by Crippen LogP contribution is 2.36. The molecule has 0 radical (unpaired) electrons. The summed E-state index contributed by atoms with van der Waals surface area (Å²) >= 11 is 3.35. The van der Waals surface area contributed by atoms with Gasteiger partial charge in [0.1, 0.15) is 0 Å². The first-order valence-electron chi connectivity index (χ1n) is 6.81. The molecule has 0 bridgehead atoms. The number of nitrogens with zero attached hydrogens (tertiary/aromatic N) is 1. The summed E-state index contributed by atoms with van der Waals surface area (Å²) in [4.78, 5) is 22.0. The number of rotatable bonds is 8. The predicted octanol–water partition coefficient (Wildman–Crippen LogP) is 1.79. The van der Waals surface area contributed by atoms with Gasteiger partial charge in [0.15, 0.2) is 18.1 Å². The van der Waals surface area contributed by atoms with E-state index in [2.05, 4.69) is 26.5 Å². The lowest BCUT2D eigenvalue weighted by Gasteiger charge is -2.14. The van der Waals surface area contributed by atoms with E-state index in [0.717, 1.165) is 0 Å². The zero-order chi connectivity index (χ0) is 17.2. The van der Waals surface area contributed by atoms with Gasteiger partial charge in [-0.1, -0.05) is 0 Å². The Hall–Kier alpha value is -2.29. The average molecular weight is 388 g/mol. The quantitative estimate of drug-likeness (QED) is 0.401. The Kier molecular flexibility index (Phi) is 7.89. The average Bonchev–Trinajstić information content (AvgIpc) is 2.46. The monoisotopic (exact) mass is 387 g/mol. The summed E-state index contributed by atoms with van der Waals surface area (Å²) in [5.74, 6) is 0.324. The van der Waals surface area contributed by atoms with Gasteiger partial charge in [0.2, 0.25) is 0 Å². The van der Waals surface area contributed by atoms with Gasteiger partial charge in [0, 0.05) is 0 Å². The van der Waals surface area contributed by atoms with Crippen molar-refractivity contribution >= 4 is 34.1 Å². The van der Waals surface area contributed by atoms with Gasteiger partial charge in [0.25, 0.3) is 0 Å². The molecule has 0 aromatic heterocycles. The molecule has 0 atom stereocenters. The smallest absolute Gasteiger partial charge is 0.344 e. The minimum absolute atomic E-state index is 0.233. The van der Waals surface area contributed by atoms with E-state index in [-0.39, 0.29) is 13.2 Å². The van der Waals surface area contributed by atoms with Gasteiger partial charge in [-0.25, -0.2) is 15.0 Å². The van der Waals surface area contributed by atoms with Crippen molar-refractivity contribution in [1.82, 2.24) is 5.43 Å². The van der Waals surface area contributed by atoms with Crippen LogP contribution in [-0.2, 0) is 9.53 Å². The van der Waals surface area contributed by atoms with Crippen LogP contribution in [0.25, 0.3) is 0 Å². The largest absolute Gasteiger partial charge is 0.490 e. The summed E-state index contributed by atoms with van der Waals surface area (Å²) in [6.07, 6.45) is 1.40. The SMILES string of the molecule is CCOC(=O)COc1c(Br)cc(C=NNC(N)=O)cc1OCC. The van der Waals surface area contributed by atoms with E-state index in [1.807, 2.05) is 6.92 Å². The zero-order valence-electron chi connectivity index (χ0n) is 12.8. The molecule has 0 heterocycles. The van der Waals surface area contributed by atoms with Crippen molar-refractivity contribution in [2.75, 3.05) is 19.8 Å². The van der Waals surface area contributed by atoms with Crippen LogP contribution in [0.2, 0.25) is 0 Å². The van der Waals surface area contributed by atoms with Crippen molar-refractivity contribution in [3.8, 4) is 11.5 Å². The lowest BCUT2D eigenvalue weighted by molar-refractivity contribution is -0.145. The lowest BCUT2D eigenvalue weighted by atomic mass is 10.2. The number of benzene rings is 1. The highest BCUT2D eigenvalue weighted by Gasteiger charge is 2.14. The molecular weight excluding hydrogens is 370 g/mol. The third-order valence-corrected chi connectivity index (χ3v) is 2.95. The molecular formula is C14H18BrN3O5. The molecule has 0 spiro atoms. The minimum atomic E-state index is -0.764. The molecule has 23 heavy (non-hydrogen) atoms. The number of urea groups is 1. The standard InChI is InChI=1S/C14H18BrN3O5/c1-3-21-11-6-9(7-17-18-14(16)20)5-10(15)13(11)23-8-12(19)22-4-2/h5-7H,3-4,8H2,1-2H3,(H3,16,18,20). The summed E-state index contributed by atoms with van der Waals surface area (Å²) in [7, 11) is 0. The van der Waals surface area contributed by atoms with Gasteiger partial charge in [-0.15, -0.1) is 0 Å². The number of nitrogens with one attached hydrogen (secondary N) is 1. The number of ether oxygens (including phenoxy) is 3. The van der Waals surface area contributed by atoms with E-state index in [1.165, 1.54) is 6.21 Å². The van der Waals surface area contributed by atoms with Crippen molar-refractivity contribution in [2.24, 2.45) is 10.8 Å². The third-order valence-electron chi connectivity index (χ3n) is 2.36. The first kappa shape index (κ1) is 18.8. The van der Waals surface area contributed by atoms with Crippen molar-refractivity contribution in [1.29, 1.82) is 0 Å². The summed E-state index contributed by atoms with van der Waals surface area (Å²) in [6.45, 7) is 3.99. The van der Waals surface area contributed by atoms with Crippen LogP contribution in [0.5, 0.6) is 11.5 Å². The van der Waals surface area contributed by atoms with Gasteiger partial charge in [-0.2, -0.15) is 5.10 Å². The topological polar surface area (TPSA) is 112 Å². The second kappa shape index (κ2) is 9.67. The van der Waals surface area contributed by atoms with Gasteiger partial charge in [-0.3, -0.25) is 0 Å². The molecule has 0 saturated carbocycles.